The smallest absolute Gasteiger partial charge is 0.230 e. The first-order valence-corrected chi connectivity index (χ1v) is 13.5. The van der Waals surface area contributed by atoms with E-state index in [1.165, 1.54) is 11.1 Å². The molecular weight excluding hydrogens is 436 g/mol. The average molecular weight is 467 g/mol. The number of carbonyl (C=O) groups is 2. The van der Waals surface area contributed by atoms with Crippen molar-refractivity contribution in [3.8, 4) is 0 Å². The number of fused-ring (bicyclic) bond motifs is 2. The summed E-state index contributed by atoms with van der Waals surface area (Å²) in [4.78, 5) is 27.2. The molecule has 2 aromatic carbocycles. The molecule has 33 heavy (non-hydrogen) atoms. The standard InChI is InChI=1S/C26H30N2O4S/c1-17(15-25(29)27-23-8-4-6-18-5-2-3-7-22(18)23)33(31,32)21-11-12-24-20(16-21)13-14-28(24)26(30)19-9-10-19/h4,6,8,11-12,16-17,19H,2-3,5,7,9-10,13-15H2,1H3,(H,27,29)/t17-/m0/s1. The van der Waals surface area contributed by atoms with Crippen molar-refractivity contribution >= 4 is 33.0 Å². The summed E-state index contributed by atoms with van der Waals surface area (Å²) >= 11 is 0. The van der Waals surface area contributed by atoms with Gasteiger partial charge in [0.05, 0.1) is 10.1 Å². The number of benzene rings is 2. The second-order valence-corrected chi connectivity index (χ2v) is 11.9. The lowest BCUT2D eigenvalue weighted by Crippen LogP contribution is -2.30. The van der Waals surface area contributed by atoms with Crippen LogP contribution in [-0.2, 0) is 38.7 Å². The Balaban J connectivity index is 1.28. The highest BCUT2D eigenvalue weighted by molar-refractivity contribution is 7.92. The van der Waals surface area contributed by atoms with Gasteiger partial charge in [-0.05, 0) is 92.8 Å². The Morgan fingerprint density at radius 1 is 1.06 bits per heavy atom. The third-order valence-electron chi connectivity index (χ3n) is 7.14. The van der Waals surface area contributed by atoms with Gasteiger partial charge in [0.25, 0.3) is 0 Å². The van der Waals surface area contributed by atoms with E-state index in [0.29, 0.717) is 13.0 Å². The minimum Gasteiger partial charge on any atom is -0.326 e. The fourth-order valence-electron chi connectivity index (χ4n) is 5.04. The summed E-state index contributed by atoms with van der Waals surface area (Å²) in [5, 5.41) is 2.11. The summed E-state index contributed by atoms with van der Waals surface area (Å²) in [5.41, 5.74) is 4.96. The number of nitrogens with zero attached hydrogens (tertiary/aromatic N) is 1. The molecule has 0 spiro atoms. The molecular formula is C26H30N2O4S. The Labute approximate surface area is 195 Å². The van der Waals surface area contributed by atoms with Crippen LogP contribution in [0, 0.1) is 5.92 Å². The Bertz CT molecular complexity index is 1220. The number of nitrogens with one attached hydrogen (secondary N) is 1. The van der Waals surface area contributed by atoms with Gasteiger partial charge < -0.3 is 10.2 Å². The summed E-state index contributed by atoms with van der Waals surface area (Å²) in [6.07, 6.45) is 6.67. The molecule has 1 saturated carbocycles. The lowest BCUT2D eigenvalue weighted by molar-refractivity contribution is -0.119. The van der Waals surface area contributed by atoms with Crippen LogP contribution in [-0.4, -0.2) is 32.0 Å². The number of carbonyl (C=O) groups excluding carboxylic acids is 2. The Hall–Kier alpha value is -2.67. The molecule has 2 amide bonds. The van der Waals surface area contributed by atoms with Gasteiger partial charge in [0.15, 0.2) is 9.84 Å². The molecule has 174 valence electrons. The fraction of sp³-hybridized carbons (Fsp3) is 0.462. The average Bonchev–Trinajstić information content (AvgIpc) is 3.57. The van der Waals surface area contributed by atoms with Crippen molar-refractivity contribution in [3.05, 3.63) is 53.1 Å². The summed E-state index contributed by atoms with van der Waals surface area (Å²) < 4.78 is 26.5. The van der Waals surface area contributed by atoms with Crippen molar-refractivity contribution in [2.24, 2.45) is 5.92 Å². The molecule has 1 fully saturated rings. The third kappa shape index (κ3) is 4.31. The zero-order valence-corrected chi connectivity index (χ0v) is 19.8. The van der Waals surface area contributed by atoms with Gasteiger partial charge in [-0.25, -0.2) is 8.42 Å². The van der Waals surface area contributed by atoms with Crippen LogP contribution in [0.3, 0.4) is 0 Å². The largest absolute Gasteiger partial charge is 0.326 e. The van der Waals surface area contributed by atoms with Crippen LogP contribution in [0.5, 0.6) is 0 Å². The quantitative estimate of drug-likeness (QED) is 0.696. The second kappa shape index (κ2) is 8.60. The van der Waals surface area contributed by atoms with Crippen molar-refractivity contribution in [2.75, 3.05) is 16.8 Å². The van der Waals surface area contributed by atoms with Crippen molar-refractivity contribution < 1.29 is 18.0 Å². The van der Waals surface area contributed by atoms with Crippen LogP contribution < -0.4 is 10.2 Å². The van der Waals surface area contributed by atoms with E-state index in [0.717, 1.165) is 55.5 Å². The molecule has 0 saturated heterocycles. The SMILES string of the molecule is C[C@@H](CC(=O)Nc1cccc2c1CCCC2)S(=O)(=O)c1ccc2c(c1)CCN2C(=O)C1CC1. The maximum atomic E-state index is 13.2. The normalized spacial score (nSPS) is 18.4. The predicted molar refractivity (Wildman–Crippen MR) is 128 cm³/mol. The molecule has 2 aliphatic carbocycles. The van der Waals surface area contributed by atoms with Gasteiger partial charge in [-0.2, -0.15) is 0 Å². The van der Waals surface area contributed by atoms with E-state index in [2.05, 4.69) is 11.4 Å². The highest BCUT2D eigenvalue weighted by atomic mass is 32.2. The third-order valence-corrected chi connectivity index (χ3v) is 9.28. The van der Waals surface area contributed by atoms with Crippen LogP contribution in [0.1, 0.15) is 55.7 Å². The van der Waals surface area contributed by atoms with E-state index in [-0.39, 0.29) is 29.0 Å². The Morgan fingerprint density at radius 2 is 1.85 bits per heavy atom. The maximum Gasteiger partial charge on any atom is 0.230 e. The summed E-state index contributed by atoms with van der Waals surface area (Å²) in [6.45, 7) is 2.19. The highest BCUT2D eigenvalue weighted by Crippen LogP contribution is 2.37. The van der Waals surface area contributed by atoms with Gasteiger partial charge >= 0.3 is 0 Å². The van der Waals surface area contributed by atoms with E-state index in [9.17, 15) is 18.0 Å². The summed E-state index contributed by atoms with van der Waals surface area (Å²) in [6, 6.07) is 11.0. The number of hydrogen-bond donors (Lipinski definition) is 1. The number of aryl methyl sites for hydroxylation is 1. The van der Waals surface area contributed by atoms with Gasteiger partial charge in [0.1, 0.15) is 0 Å². The molecule has 0 unspecified atom stereocenters. The first kappa shape index (κ1) is 22.1. The van der Waals surface area contributed by atoms with Crippen LogP contribution in [0.4, 0.5) is 11.4 Å². The van der Waals surface area contributed by atoms with Gasteiger partial charge in [-0.15, -0.1) is 0 Å². The van der Waals surface area contributed by atoms with E-state index in [1.54, 1.807) is 30.0 Å². The van der Waals surface area contributed by atoms with Crippen LogP contribution in [0.15, 0.2) is 41.3 Å². The minimum absolute atomic E-state index is 0.102. The topological polar surface area (TPSA) is 83.6 Å². The van der Waals surface area contributed by atoms with Crippen molar-refractivity contribution in [1.82, 2.24) is 0 Å². The molecule has 0 aromatic heterocycles. The predicted octanol–water partition coefficient (Wildman–Crippen LogP) is 4.06. The van der Waals surface area contributed by atoms with Gasteiger partial charge in [0, 0.05) is 30.3 Å². The molecule has 6 nitrogen and oxygen atoms in total. The number of anilines is 2. The van der Waals surface area contributed by atoms with E-state index in [1.807, 2.05) is 12.1 Å². The Kier molecular flexibility index (Phi) is 5.77. The first-order chi connectivity index (χ1) is 15.8. The number of rotatable bonds is 6. The highest BCUT2D eigenvalue weighted by Gasteiger charge is 2.37. The molecule has 1 aliphatic heterocycles. The zero-order chi connectivity index (χ0) is 23.2. The van der Waals surface area contributed by atoms with Crippen molar-refractivity contribution in [2.45, 2.75) is 68.4 Å². The number of amides is 2. The molecule has 1 heterocycles. The lowest BCUT2D eigenvalue weighted by atomic mass is 9.90. The molecule has 5 rings (SSSR count). The van der Waals surface area contributed by atoms with Gasteiger partial charge in [-0.1, -0.05) is 12.1 Å². The summed E-state index contributed by atoms with van der Waals surface area (Å²) in [7, 11) is -3.67. The molecule has 2 aromatic rings. The molecule has 0 radical (unpaired) electrons. The number of sulfone groups is 1. The first-order valence-electron chi connectivity index (χ1n) is 11.9. The maximum absolute atomic E-state index is 13.2. The molecule has 1 N–H and O–H groups in total. The second-order valence-electron chi connectivity index (χ2n) is 9.56. The van der Waals surface area contributed by atoms with Crippen molar-refractivity contribution in [1.29, 1.82) is 0 Å². The fourth-order valence-corrected chi connectivity index (χ4v) is 6.44. The minimum atomic E-state index is -3.67. The van der Waals surface area contributed by atoms with Crippen molar-refractivity contribution in [3.63, 3.8) is 0 Å². The zero-order valence-electron chi connectivity index (χ0n) is 19.0. The molecule has 7 heteroatoms. The summed E-state index contributed by atoms with van der Waals surface area (Å²) in [5.74, 6) is -0.00183. The van der Waals surface area contributed by atoms with E-state index >= 15 is 0 Å². The van der Waals surface area contributed by atoms with E-state index in [4.69, 9.17) is 0 Å². The molecule has 1 atom stereocenters. The van der Waals surface area contributed by atoms with E-state index < -0.39 is 15.1 Å². The van der Waals surface area contributed by atoms with Crippen LogP contribution >= 0.6 is 0 Å². The number of hydrogen-bond acceptors (Lipinski definition) is 4. The Morgan fingerprint density at radius 3 is 2.64 bits per heavy atom. The van der Waals surface area contributed by atoms with Crippen LogP contribution in [0.25, 0.3) is 0 Å². The lowest BCUT2D eigenvalue weighted by Gasteiger charge is -2.20. The van der Waals surface area contributed by atoms with Gasteiger partial charge in [-0.3, -0.25) is 9.59 Å². The van der Waals surface area contributed by atoms with Gasteiger partial charge in [0.2, 0.25) is 11.8 Å². The molecule has 0 bridgehead atoms. The monoisotopic (exact) mass is 466 g/mol. The van der Waals surface area contributed by atoms with Crippen LogP contribution in [0.2, 0.25) is 0 Å². The molecule has 3 aliphatic rings.